The van der Waals surface area contributed by atoms with E-state index in [0.717, 1.165) is 11.3 Å². The van der Waals surface area contributed by atoms with Gasteiger partial charge in [-0.2, -0.15) is 10.1 Å². The molecule has 25 heavy (non-hydrogen) atoms. The third kappa shape index (κ3) is 3.07. The molecular weight excluding hydrogens is 323 g/mol. The predicted octanol–water partition coefficient (Wildman–Crippen LogP) is 3.64. The zero-order valence-electron chi connectivity index (χ0n) is 14.4. The van der Waals surface area contributed by atoms with Crippen LogP contribution in [0.1, 0.15) is 44.0 Å². The number of ether oxygens (including phenoxy) is 1. The van der Waals surface area contributed by atoms with Crippen LogP contribution in [-0.4, -0.2) is 19.9 Å². The fourth-order valence-electron chi connectivity index (χ4n) is 2.74. The van der Waals surface area contributed by atoms with Gasteiger partial charge in [-0.15, -0.1) is 0 Å². The molecule has 0 N–H and O–H groups in total. The number of aromatic nitrogens is 4. The molecule has 0 unspecified atom stereocenters. The fourth-order valence-corrected chi connectivity index (χ4v) is 2.74. The molecule has 0 saturated heterocycles. The van der Waals surface area contributed by atoms with Gasteiger partial charge in [-0.25, -0.2) is 4.39 Å². The quantitative estimate of drug-likeness (QED) is 0.711. The van der Waals surface area contributed by atoms with Crippen LogP contribution in [0, 0.1) is 5.82 Å². The molecule has 3 heterocycles. The standard InChI is InChI=1S/C18H19FN4O2/c1-18(2,3)17-20-16(25-22-17)14-8-13-10-24-15(9-23(13)21-14)11-4-6-12(19)7-5-11/h4-8,15H,9-10H2,1-3H3/t15-/m1/s1. The van der Waals surface area contributed by atoms with Gasteiger partial charge in [-0.1, -0.05) is 38.1 Å². The minimum Gasteiger partial charge on any atom is -0.365 e. The number of halogens is 1. The molecule has 0 saturated carbocycles. The third-order valence-corrected chi connectivity index (χ3v) is 4.19. The number of hydrogen-bond acceptors (Lipinski definition) is 5. The summed E-state index contributed by atoms with van der Waals surface area (Å²) in [4.78, 5) is 4.45. The second-order valence-electron chi connectivity index (χ2n) is 7.23. The van der Waals surface area contributed by atoms with Gasteiger partial charge in [-0.3, -0.25) is 4.68 Å². The Balaban J connectivity index is 1.58. The largest absolute Gasteiger partial charge is 0.365 e. The van der Waals surface area contributed by atoms with Crippen molar-refractivity contribution in [1.82, 2.24) is 19.9 Å². The van der Waals surface area contributed by atoms with Crippen molar-refractivity contribution in [2.24, 2.45) is 0 Å². The SMILES string of the molecule is CC(C)(C)c1noc(-c2cc3n(n2)C[C@H](c2ccc(F)cc2)OC3)n1. The monoisotopic (exact) mass is 342 g/mol. The molecular formula is C18H19FN4O2. The molecule has 130 valence electrons. The van der Waals surface area contributed by atoms with Crippen LogP contribution >= 0.6 is 0 Å². The molecule has 4 rings (SSSR count). The number of fused-ring (bicyclic) bond motifs is 1. The molecule has 3 aromatic rings. The van der Waals surface area contributed by atoms with Gasteiger partial charge in [0.2, 0.25) is 0 Å². The van der Waals surface area contributed by atoms with Crippen LogP contribution in [0.2, 0.25) is 0 Å². The van der Waals surface area contributed by atoms with Gasteiger partial charge >= 0.3 is 0 Å². The van der Waals surface area contributed by atoms with E-state index in [9.17, 15) is 4.39 Å². The van der Waals surface area contributed by atoms with E-state index in [-0.39, 0.29) is 17.3 Å². The highest BCUT2D eigenvalue weighted by Crippen LogP contribution is 2.29. The Hall–Kier alpha value is -2.54. The van der Waals surface area contributed by atoms with Crippen LogP contribution in [0.3, 0.4) is 0 Å². The Kier molecular flexibility index (Phi) is 3.68. The Labute approximate surface area is 144 Å². The third-order valence-electron chi connectivity index (χ3n) is 4.19. The Bertz CT molecular complexity index is 893. The van der Waals surface area contributed by atoms with E-state index in [1.165, 1.54) is 12.1 Å². The summed E-state index contributed by atoms with van der Waals surface area (Å²) in [5.74, 6) is 0.798. The first-order valence-electron chi connectivity index (χ1n) is 8.18. The molecule has 6 nitrogen and oxygen atoms in total. The minimum atomic E-state index is -0.257. The fraction of sp³-hybridized carbons (Fsp3) is 0.389. The highest BCUT2D eigenvalue weighted by atomic mass is 19.1. The Morgan fingerprint density at radius 1 is 1.20 bits per heavy atom. The maximum atomic E-state index is 13.1. The second-order valence-corrected chi connectivity index (χ2v) is 7.23. The molecule has 1 aliphatic rings. The molecule has 0 bridgehead atoms. The van der Waals surface area contributed by atoms with Crippen molar-refractivity contribution in [2.45, 2.75) is 45.4 Å². The van der Waals surface area contributed by atoms with Crippen LogP contribution in [0.15, 0.2) is 34.9 Å². The highest BCUT2D eigenvalue weighted by molar-refractivity contribution is 5.47. The van der Waals surface area contributed by atoms with Gasteiger partial charge in [0.1, 0.15) is 11.9 Å². The molecule has 0 aliphatic carbocycles. The average Bonchev–Trinajstić information content (AvgIpc) is 3.21. The van der Waals surface area contributed by atoms with Crippen LogP contribution in [0.4, 0.5) is 4.39 Å². The van der Waals surface area contributed by atoms with Crippen LogP contribution < -0.4 is 0 Å². The van der Waals surface area contributed by atoms with E-state index in [0.29, 0.717) is 30.6 Å². The number of nitrogens with zero attached hydrogens (tertiary/aromatic N) is 4. The lowest BCUT2D eigenvalue weighted by molar-refractivity contribution is -0.00116. The normalized spacial score (nSPS) is 17.5. The predicted molar refractivity (Wildman–Crippen MR) is 88.1 cm³/mol. The maximum absolute atomic E-state index is 13.1. The Morgan fingerprint density at radius 3 is 2.64 bits per heavy atom. The topological polar surface area (TPSA) is 66.0 Å². The zero-order chi connectivity index (χ0) is 17.6. The molecule has 1 aromatic carbocycles. The minimum absolute atomic E-state index is 0.159. The van der Waals surface area contributed by atoms with Gasteiger partial charge in [0.05, 0.1) is 18.8 Å². The summed E-state index contributed by atoms with van der Waals surface area (Å²) in [5, 5.41) is 8.61. The van der Waals surface area contributed by atoms with Crippen LogP contribution in [-0.2, 0) is 23.3 Å². The van der Waals surface area contributed by atoms with E-state index in [2.05, 4.69) is 15.2 Å². The first-order chi connectivity index (χ1) is 11.9. The average molecular weight is 342 g/mol. The summed E-state index contributed by atoms with van der Waals surface area (Å²) in [6, 6.07) is 8.26. The van der Waals surface area contributed by atoms with Gasteiger partial charge < -0.3 is 9.26 Å². The molecule has 1 aliphatic heterocycles. The number of rotatable bonds is 2. The second kappa shape index (κ2) is 5.77. The van der Waals surface area contributed by atoms with Gasteiger partial charge in [0, 0.05) is 5.41 Å². The van der Waals surface area contributed by atoms with Gasteiger partial charge in [0.25, 0.3) is 5.89 Å². The van der Waals surface area contributed by atoms with Gasteiger partial charge in [0.15, 0.2) is 11.5 Å². The van der Waals surface area contributed by atoms with Gasteiger partial charge in [-0.05, 0) is 23.8 Å². The molecule has 2 aromatic heterocycles. The van der Waals surface area contributed by atoms with Crippen LogP contribution in [0.25, 0.3) is 11.6 Å². The molecule has 0 radical (unpaired) electrons. The summed E-state index contributed by atoms with van der Waals surface area (Å²) in [7, 11) is 0. The molecule has 0 fully saturated rings. The van der Waals surface area contributed by atoms with Crippen molar-refractivity contribution in [2.75, 3.05) is 0 Å². The summed E-state index contributed by atoms with van der Waals surface area (Å²) in [5.41, 5.74) is 2.33. The molecule has 0 amide bonds. The lowest BCUT2D eigenvalue weighted by atomic mass is 9.96. The van der Waals surface area contributed by atoms with Crippen molar-refractivity contribution >= 4 is 0 Å². The summed E-state index contributed by atoms with van der Waals surface area (Å²) < 4.78 is 26.2. The summed E-state index contributed by atoms with van der Waals surface area (Å²) in [6.45, 7) is 7.07. The number of benzene rings is 1. The number of hydrogen-bond donors (Lipinski definition) is 0. The molecule has 1 atom stereocenters. The summed E-state index contributed by atoms with van der Waals surface area (Å²) in [6.07, 6.45) is -0.159. The van der Waals surface area contributed by atoms with E-state index in [4.69, 9.17) is 9.26 Å². The zero-order valence-corrected chi connectivity index (χ0v) is 14.4. The lowest BCUT2D eigenvalue weighted by Crippen LogP contribution is -2.21. The lowest BCUT2D eigenvalue weighted by Gasteiger charge is -2.24. The van der Waals surface area contributed by atoms with Crippen LogP contribution in [0.5, 0.6) is 0 Å². The Morgan fingerprint density at radius 2 is 1.96 bits per heavy atom. The highest BCUT2D eigenvalue weighted by Gasteiger charge is 2.26. The van der Waals surface area contributed by atoms with Crippen molar-refractivity contribution in [3.8, 4) is 11.6 Å². The van der Waals surface area contributed by atoms with E-state index < -0.39 is 0 Å². The van der Waals surface area contributed by atoms with Crippen molar-refractivity contribution in [3.05, 3.63) is 53.2 Å². The van der Waals surface area contributed by atoms with E-state index >= 15 is 0 Å². The summed E-state index contributed by atoms with van der Waals surface area (Å²) >= 11 is 0. The first kappa shape index (κ1) is 16.0. The van der Waals surface area contributed by atoms with Crippen molar-refractivity contribution in [1.29, 1.82) is 0 Å². The first-order valence-corrected chi connectivity index (χ1v) is 8.18. The molecule has 7 heteroatoms. The van der Waals surface area contributed by atoms with Crippen molar-refractivity contribution in [3.63, 3.8) is 0 Å². The van der Waals surface area contributed by atoms with Crippen molar-refractivity contribution < 1.29 is 13.7 Å². The van der Waals surface area contributed by atoms with E-state index in [1.54, 1.807) is 12.1 Å². The molecule has 0 spiro atoms. The smallest absolute Gasteiger partial charge is 0.278 e. The maximum Gasteiger partial charge on any atom is 0.278 e. The van der Waals surface area contributed by atoms with E-state index in [1.807, 2.05) is 31.5 Å².